The van der Waals surface area contributed by atoms with Crippen LogP contribution in [-0.4, -0.2) is 16.0 Å². The van der Waals surface area contributed by atoms with Gasteiger partial charge in [-0.3, -0.25) is 4.79 Å². The molecule has 1 aliphatic rings. The summed E-state index contributed by atoms with van der Waals surface area (Å²) < 4.78 is 10.6. The van der Waals surface area contributed by atoms with Gasteiger partial charge in [0.1, 0.15) is 11.8 Å². The SMILES string of the molecule is C[C@H](NC(=O)c1ccc(-c2ccco2)cc1)c1nc(C2CC2)no1. The van der Waals surface area contributed by atoms with Crippen molar-refractivity contribution in [2.24, 2.45) is 0 Å². The van der Waals surface area contributed by atoms with Gasteiger partial charge >= 0.3 is 0 Å². The van der Waals surface area contributed by atoms with Gasteiger partial charge in [-0.05, 0) is 44.0 Å². The molecule has 1 saturated carbocycles. The summed E-state index contributed by atoms with van der Waals surface area (Å²) in [4.78, 5) is 16.7. The molecule has 0 saturated heterocycles. The number of amides is 1. The Kier molecular flexibility index (Phi) is 3.65. The zero-order valence-electron chi connectivity index (χ0n) is 13.2. The molecule has 6 heteroatoms. The molecule has 0 aliphatic heterocycles. The Balaban J connectivity index is 1.43. The van der Waals surface area contributed by atoms with E-state index in [1.54, 1.807) is 18.4 Å². The summed E-state index contributed by atoms with van der Waals surface area (Å²) in [5.41, 5.74) is 1.50. The number of carbonyl (C=O) groups excluding carboxylic acids is 1. The molecule has 2 heterocycles. The lowest BCUT2D eigenvalue weighted by molar-refractivity contribution is 0.0932. The molecule has 2 aromatic heterocycles. The molecule has 6 nitrogen and oxygen atoms in total. The van der Waals surface area contributed by atoms with Crippen LogP contribution in [0.25, 0.3) is 11.3 Å². The lowest BCUT2D eigenvalue weighted by atomic mass is 10.1. The second kappa shape index (κ2) is 5.96. The minimum absolute atomic E-state index is 0.181. The molecule has 0 spiro atoms. The number of nitrogens with zero attached hydrogens (tertiary/aromatic N) is 2. The van der Waals surface area contributed by atoms with Crippen LogP contribution in [0.2, 0.25) is 0 Å². The molecule has 24 heavy (non-hydrogen) atoms. The summed E-state index contributed by atoms with van der Waals surface area (Å²) in [6.07, 6.45) is 3.85. The van der Waals surface area contributed by atoms with Gasteiger partial charge in [-0.1, -0.05) is 17.3 Å². The molecule has 4 rings (SSSR count). The summed E-state index contributed by atoms with van der Waals surface area (Å²) in [5.74, 6) is 2.21. The standard InChI is InChI=1S/C18H17N3O3/c1-11(18-20-16(21-24-18)13-6-7-13)19-17(22)14-8-4-12(5-9-14)15-3-2-10-23-15/h2-5,8-11,13H,6-7H2,1H3,(H,19,22)/t11-/m0/s1. The van der Waals surface area contributed by atoms with Gasteiger partial charge in [0.05, 0.1) is 6.26 Å². The van der Waals surface area contributed by atoms with Crippen LogP contribution in [0.4, 0.5) is 0 Å². The molecule has 3 aromatic rings. The maximum absolute atomic E-state index is 12.4. The first-order valence-electron chi connectivity index (χ1n) is 7.99. The molecule has 1 amide bonds. The Morgan fingerprint density at radius 3 is 2.71 bits per heavy atom. The van der Waals surface area contributed by atoms with E-state index >= 15 is 0 Å². The zero-order chi connectivity index (χ0) is 16.5. The van der Waals surface area contributed by atoms with Gasteiger partial charge in [-0.15, -0.1) is 0 Å². The summed E-state index contributed by atoms with van der Waals surface area (Å²) in [6, 6.07) is 10.6. The maximum Gasteiger partial charge on any atom is 0.251 e. The number of benzene rings is 1. The highest BCUT2D eigenvalue weighted by Gasteiger charge is 2.29. The summed E-state index contributed by atoms with van der Waals surface area (Å²) in [5, 5.41) is 6.85. The molecule has 0 unspecified atom stereocenters. The zero-order valence-corrected chi connectivity index (χ0v) is 13.2. The molecule has 0 bridgehead atoms. The van der Waals surface area contributed by atoms with Crippen LogP contribution in [0, 0.1) is 0 Å². The van der Waals surface area contributed by atoms with Crippen LogP contribution >= 0.6 is 0 Å². The number of nitrogens with one attached hydrogen (secondary N) is 1. The number of aromatic nitrogens is 2. The lowest BCUT2D eigenvalue weighted by Gasteiger charge is -2.10. The Bertz CT molecular complexity index is 833. The molecule has 1 aliphatic carbocycles. The predicted molar refractivity (Wildman–Crippen MR) is 86.3 cm³/mol. The first-order valence-corrected chi connectivity index (χ1v) is 7.99. The topological polar surface area (TPSA) is 81.2 Å². The summed E-state index contributed by atoms with van der Waals surface area (Å²) >= 11 is 0. The molecular weight excluding hydrogens is 306 g/mol. The van der Waals surface area contributed by atoms with Crippen LogP contribution in [0.5, 0.6) is 0 Å². The van der Waals surface area contributed by atoms with Crippen molar-refractivity contribution in [2.45, 2.75) is 31.7 Å². The van der Waals surface area contributed by atoms with Crippen molar-refractivity contribution in [3.05, 3.63) is 59.9 Å². The summed E-state index contributed by atoms with van der Waals surface area (Å²) in [7, 11) is 0. The normalized spacial score (nSPS) is 15.2. The van der Waals surface area contributed by atoms with Crippen LogP contribution in [0.3, 0.4) is 0 Å². The van der Waals surface area contributed by atoms with Crippen molar-refractivity contribution in [2.75, 3.05) is 0 Å². The van der Waals surface area contributed by atoms with Gasteiger partial charge in [0.25, 0.3) is 5.91 Å². The van der Waals surface area contributed by atoms with Gasteiger partial charge in [0, 0.05) is 17.0 Å². The molecular formula is C18H17N3O3. The van der Waals surface area contributed by atoms with Gasteiger partial charge in [0.15, 0.2) is 5.82 Å². The Morgan fingerprint density at radius 2 is 2.04 bits per heavy atom. The molecule has 0 radical (unpaired) electrons. The second-order valence-corrected chi connectivity index (χ2v) is 6.01. The third-order valence-electron chi connectivity index (χ3n) is 4.07. The van der Waals surface area contributed by atoms with E-state index in [0.717, 1.165) is 30.0 Å². The van der Waals surface area contributed by atoms with Gasteiger partial charge in [0.2, 0.25) is 5.89 Å². The first-order chi connectivity index (χ1) is 11.7. The third-order valence-corrected chi connectivity index (χ3v) is 4.07. The highest BCUT2D eigenvalue weighted by Crippen LogP contribution is 2.38. The van der Waals surface area contributed by atoms with Crippen molar-refractivity contribution >= 4 is 5.91 Å². The highest BCUT2D eigenvalue weighted by molar-refractivity contribution is 5.94. The van der Waals surface area contributed by atoms with E-state index in [1.165, 1.54) is 0 Å². The van der Waals surface area contributed by atoms with Gasteiger partial charge < -0.3 is 14.3 Å². The molecule has 1 N–H and O–H groups in total. The predicted octanol–water partition coefficient (Wildman–Crippen LogP) is 3.70. The minimum atomic E-state index is -0.331. The van der Waals surface area contributed by atoms with Crippen LogP contribution in [0.15, 0.2) is 51.6 Å². The third kappa shape index (κ3) is 2.95. The van der Waals surface area contributed by atoms with Gasteiger partial charge in [-0.25, -0.2) is 0 Å². The highest BCUT2D eigenvalue weighted by atomic mass is 16.5. The van der Waals surface area contributed by atoms with Crippen molar-refractivity contribution < 1.29 is 13.7 Å². The van der Waals surface area contributed by atoms with Crippen molar-refractivity contribution in [3.8, 4) is 11.3 Å². The molecule has 122 valence electrons. The summed E-state index contributed by atoms with van der Waals surface area (Å²) in [6.45, 7) is 1.83. The number of carbonyl (C=O) groups is 1. The molecule has 1 atom stereocenters. The van der Waals surface area contributed by atoms with E-state index < -0.39 is 0 Å². The number of rotatable bonds is 5. The monoisotopic (exact) mass is 323 g/mol. The average molecular weight is 323 g/mol. The van der Waals surface area contributed by atoms with E-state index in [1.807, 2.05) is 31.2 Å². The van der Waals surface area contributed by atoms with Gasteiger partial charge in [-0.2, -0.15) is 4.98 Å². The van der Waals surface area contributed by atoms with Crippen LogP contribution in [0.1, 0.15) is 53.8 Å². The van der Waals surface area contributed by atoms with Crippen molar-refractivity contribution in [1.29, 1.82) is 0 Å². The lowest BCUT2D eigenvalue weighted by Crippen LogP contribution is -2.26. The number of hydrogen-bond donors (Lipinski definition) is 1. The van der Waals surface area contributed by atoms with E-state index in [9.17, 15) is 4.79 Å². The average Bonchev–Trinajstić information content (AvgIpc) is 3.12. The second-order valence-electron chi connectivity index (χ2n) is 6.01. The van der Waals surface area contributed by atoms with Crippen LogP contribution in [-0.2, 0) is 0 Å². The quantitative estimate of drug-likeness (QED) is 0.774. The largest absolute Gasteiger partial charge is 0.464 e. The van der Waals surface area contributed by atoms with E-state index in [2.05, 4.69) is 15.5 Å². The van der Waals surface area contributed by atoms with Crippen molar-refractivity contribution in [1.82, 2.24) is 15.5 Å². The Labute approximate surface area is 138 Å². The fourth-order valence-electron chi connectivity index (χ4n) is 2.50. The first kappa shape index (κ1) is 14.7. The Hall–Kier alpha value is -2.89. The number of furan rings is 1. The Morgan fingerprint density at radius 1 is 1.25 bits per heavy atom. The molecule has 1 fully saturated rings. The minimum Gasteiger partial charge on any atom is -0.464 e. The smallest absolute Gasteiger partial charge is 0.251 e. The van der Waals surface area contributed by atoms with E-state index in [0.29, 0.717) is 17.4 Å². The maximum atomic E-state index is 12.4. The fraction of sp³-hybridized carbons (Fsp3) is 0.278. The van der Waals surface area contributed by atoms with E-state index in [-0.39, 0.29) is 11.9 Å². The van der Waals surface area contributed by atoms with Crippen LogP contribution < -0.4 is 5.32 Å². The van der Waals surface area contributed by atoms with Crippen molar-refractivity contribution in [3.63, 3.8) is 0 Å². The van der Waals surface area contributed by atoms with E-state index in [4.69, 9.17) is 8.94 Å². The molecule has 1 aromatic carbocycles. The number of hydrogen-bond acceptors (Lipinski definition) is 5. The fourth-order valence-corrected chi connectivity index (χ4v) is 2.50.